The van der Waals surface area contributed by atoms with E-state index in [0.29, 0.717) is 6.04 Å². The number of hydrogen-bond acceptors (Lipinski definition) is 2. The summed E-state index contributed by atoms with van der Waals surface area (Å²) >= 11 is 1.83. The predicted octanol–water partition coefficient (Wildman–Crippen LogP) is 4.74. The van der Waals surface area contributed by atoms with E-state index in [-0.39, 0.29) is 5.82 Å². The predicted molar refractivity (Wildman–Crippen MR) is 89.6 cm³/mol. The summed E-state index contributed by atoms with van der Waals surface area (Å²) in [6.45, 7) is 5.15. The number of nitrogens with one attached hydrogen (secondary N) is 1. The number of likely N-dealkylation sites (N-methyl/N-ethyl adjacent to an activating group) is 1. The molecule has 0 saturated heterocycles. The maximum absolute atomic E-state index is 13.4. The summed E-state index contributed by atoms with van der Waals surface area (Å²) < 4.78 is 13.4. The van der Waals surface area contributed by atoms with Gasteiger partial charge in [-0.2, -0.15) is 0 Å². The second-order valence-corrected chi connectivity index (χ2v) is 6.53. The van der Waals surface area contributed by atoms with Crippen molar-refractivity contribution in [3.05, 3.63) is 57.5 Å². The molecule has 0 radical (unpaired) electrons. The molecule has 1 unspecified atom stereocenters. The van der Waals surface area contributed by atoms with Crippen molar-refractivity contribution in [1.82, 2.24) is 5.32 Å². The quantitative estimate of drug-likeness (QED) is 0.743. The van der Waals surface area contributed by atoms with Crippen LogP contribution in [0.1, 0.15) is 35.8 Å². The van der Waals surface area contributed by atoms with Crippen LogP contribution < -0.4 is 5.32 Å². The van der Waals surface area contributed by atoms with Gasteiger partial charge in [0.2, 0.25) is 0 Å². The van der Waals surface area contributed by atoms with E-state index >= 15 is 0 Å². The van der Waals surface area contributed by atoms with Crippen LogP contribution in [0.4, 0.5) is 4.39 Å². The van der Waals surface area contributed by atoms with Crippen molar-refractivity contribution < 1.29 is 4.39 Å². The number of rotatable bonds is 8. The molecule has 21 heavy (non-hydrogen) atoms. The average Bonchev–Trinajstić information content (AvgIpc) is 2.96. The zero-order valence-electron chi connectivity index (χ0n) is 12.9. The zero-order valence-corrected chi connectivity index (χ0v) is 13.7. The highest BCUT2D eigenvalue weighted by Gasteiger charge is 2.11. The normalized spacial score (nSPS) is 12.5. The summed E-state index contributed by atoms with van der Waals surface area (Å²) in [7, 11) is 0. The van der Waals surface area contributed by atoms with E-state index in [0.717, 1.165) is 31.4 Å². The third kappa shape index (κ3) is 5.25. The van der Waals surface area contributed by atoms with Crippen LogP contribution in [0.3, 0.4) is 0 Å². The van der Waals surface area contributed by atoms with Crippen molar-refractivity contribution in [2.45, 2.75) is 45.6 Å². The Morgan fingerprint density at radius 2 is 2.14 bits per heavy atom. The summed E-state index contributed by atoms with van der Waals surface area (Å²) in [5.74, 6) is -0.135. The minimum absolute atomic E-state index is 0.135. The molecule has 1 aromatic carbocycles. The van der Waals surface area contributed by atoms with Crippen LogP contribution >= 0.6 is 11.3 Å². The van der Waals surface area contributed by atoms with Crippen molar-refractivity contribution in [3.8, 4) is 0 Å². The van der Waals surface area contributed by atoms with Gasteiger partial charge in [-0.15, -0.1) is 11.3 Å². The first-order valence-electron chi connectivity index (χ1n) is 7.70. The zero-order chi connectivity index (χ0) is 15.1. The number of benzene rings is 1. The maximum Gasteiger partial charge on any atom is 0.123 e. The van der Waals surface area contributed by atoms with Crippen molar-refractivity contribution in [2.75, 3.05) is 6.54 Å². The molecule has 2 rings (SSSR count). The molecule has 1 nitrogen and oxygen atoms in total. The highest BCUT2D eigenvalue weighted by Crippen LogP contribution is 2.17. The van der Waals surface area contributed by atoms with Gasteiger partial charge >= 0.3 is 0 Å². The van der Waals surface area contributed by atoms with Gasteiger partial charge in [0.1, 0.15) is 5.82 Å². The van der Waals surface area contributed by atoms with Gasteiger partial charge in [-0.25, -0.2) is 4.39 Å². The largest absolute Gasteiger partial charge is 0.314 e. The second-order valence-electron chi connectivity index (χ2n) is 5.50. The molecule has 0 amide bonds. The first-order chi connectivity index (χ1) is 10.2. The van der Waals surface area contributed by atoms with Gasteiger partial charge in [0.25, 0.3) is 0 Å². The number of halogens is 1. The summed E-state index contributed by atoms with van der Waals surface area (Å²) in [5, 5.41) is 5.67. The Hall–Kier alpha value is -1.19. The molecule has 0 saturated carbocycles. The SMILES string of the molecule is CCNC(CCCc1cccs1)Cc1cc(F)ccc1C. The van der Waals surface area contributed by atoms with Crippen molar-refractivity contribution in [2.24, 2.45) is 0 Å². The van der Waals surface area contributed by atoms with E-state index < -0.39 is 0 Å². The standard InChI is InChI=1S/C18H24FNS/c1-3-20-17(6-4-7-18-8-5-11-21-18)13-15-12-16(19)10-9-14(15)2/h5,8-12,17,20H,3-4,6-7,13H2,1-2H3. The lowest BCUT2D eigenvalue weighted by atomic mass is 9.97. The molecule has 1 N–H and O–H groups in total. The molecule has 114 valence electrons. The van der Waals surface area contributed by atoms with E-state index in [2.05, 4.69) is 36.7 Å². The molecule has 1 heterocycles. The van der Waals surface area contributed by atoms with Crippen molar-refractivity contribution in [3.63, 3.8) is 0 Å². The maximum atomic E-state index is 13.4. The van der Waals surface area contributed by atoms with E-state index in [9.17, 15) is 4.39 Å². The Bertz CT molecular complexity index is 536. The van der Waals surface area contributed by atoms with Gasteiger partial charge in [-0.05, 0) is 73.9 Å². The fourth-order valence-electron chi connectivity index (χ4n) is 2.67. The van der Waals surface area contributed by atoms with Gasteiger partial charge in [0, 0.05) is 10.9 Å². The molecule has 0 aliphatic rings. The fourth-order valence-corrected chi connectivity index (χ4v) is 3.42. The highest BCUT2D eigenvalue weighted by atomic mass is 32.1. The lowest BCUT2D eigenvalue weighted by molar-refractivity contribution is 0.475. The van der Waals surface area contributed by atoms with Gasteiger partial charge < -0.3 is 5.32 Å². The van der Waals surface area contributed by atoms with Crippen LogP contribution in [-0.4, -0.2) is 12.6 Å². The van der Waals surface area contributed by atoms with Crippen LogP contribution in [0, 0.1) is 12.7 Å². The minimum atomic E-state index is -0.135. The fraction of sp³-hybridized carbons (Fsp3) is 0.444. The molecule has 1 aromatic heterocycles. The highest BCUT2D eigenvalue weighted by molar-refractivity contribution is 7.09. The molecule has 3 heteroatoms. The van der Waals surface area contributed by atoms with Gasteiger partial charge in [-0.1, -0.05) is 19.1 Å². The van der Waals surface area contributed by atoms with Crippen LogP contribution in [0.15, 0.2) is 35.7 Å². The van der Waals surface area contributed by atoms with Crippen LogP contribution in [0.2, 0.25) is 0 Å². The second kappa shape index (κ2) is 8.30. The molecule has 0 bridgehead atoms. The van der Waals surface area contributed by atoms with Crippen molar-refractivity contribution in [1.29, 1.82) is 0 Å². The molecule has 0 aliphatic carbocycles. The average molecular weight is 305 g/mol. The Labute approximate surface area is 131 Å². The molecule has 0 spiro atoms. The van der Waals surface area contributed by atoms with E-state index in [1.807, 2.05) is 17.4 Å². The summed E-state index contributed by atoms with van der Waals surface area (Å²) in [6.07, 6.45) is 4.35. The van der Waals surface area contributed by atoms with Gasteiger partial charge in [-0.3, -0.25) is 0 Å². The third-order valence-electron chi connectivity index (χ3n) is 3.83. The van der Waals surface area contributed by atoms with Gasteiger partial charge in [0.15, 0.2) is 0 Å². The number of hydrogen-bond donors (Lipinski definition) is 1. The Morgan fingerprint density at radius 3 is 2.86 bits per heavy atom. The van der Waals surface area contributed by atoms with Crippen LogP contribution in [-0.2, 0) is 12.8 Å². The summed E-state index contributed by atoms with van der Waals surface area (Å²) in [6, 6.07) is 9.83. The monoisotopic (exact) mass is 305 g/mol. The molecule has 0 fully saturated rings. The lowest BCUT2D eigenvalue weighted by Gasteiger charge is -2.19. The molecule has 0 aliphatic heterocycles. The van der Waals surface area contributed by atoms with Gasteiger partial charge in [0.05, 0.1) is 0 Å². The summed E-state index contributed by atoms with van der Waals surface area (Å²) in [5.41, 5.74) is 2.30. The third-order valence-corrected chi connectivity index (χ3v) is 4.76. The minimum Gasteiger partial charge on any atom is -0.314 e. The topological polar surface area (TPSA) is 12.0 Å². The van der Waals surface area contributed by atoms with Crippen LogP contribution in [0.5, 0.6) is 0 Å². The Morgan fingerprint density at radius 1 is 1.29 bits per heavy atom. The smallest absolute Gasteiger partial charge is 0.123 e. The van der Waals surface area contributed by atoms with E-state index in [1.54, 1.807) is 6.07 Å². The lowest BCUT2D eigenvalue weighted by Crippen LogP contribution is -2.31. The first kappa shape index (κ1) is 16.2. The van der Waals surface area contributed by atoms with Crippen molar-refractivity contribution >= 4 is 11.3 Å². The van der Waals surface area contributed by atoms with E-state index in [4.69, 9.17) is 0 Å². The molecular formula is C18H24FNS. The number of thiophene rings is 1. The summed E-state index contributed by atoms with van der Waals surface area (Å²) in [4.78, 5) is 1.45. The molecule has 1 atom stereocenters. The van der Waals surface area contributed by atoms with E-state index in [1.165, 1.54) is 22.9 Å². The molecule has 2 aromatic rings. The Balaban J connectivity index is 1.90. The Kier molecular flexibility index (Phi) is 6.40. The number of aryl methyl sites for hydroxylation is 2. The van der Waals surface area contributed by atoms with Crippen LogP contribution in [0.25, 0.3) is 0 Å². The first-order valence-corrected chi connectivity index (χ1v) is 8.57. The molecular weight excluding hydrogens is 281 g/mol.